The Bertz CT molecular complexity index is 393. The summed E-state index contributed by atoms with van der Waals surface area (Å²) in [7, 11) is 0. The van der Waals surface area contributed by atoms with Gasteiger partial charge in [0, 0.05) is 13.1 Å². The molecule has 1 aromatic rings. The molecule has 0 unspecified atom stereocenters. The molecule has 1 aliphatic rings. The Morgan fingerprint density at radius 3 is 2.26 bits per heavy atom. The van der Waals surface area contributed by atoms with E-state index in [0.29, 0.717) is 0 Å². The van der Waals surface area contributed by atoms with Crippen molar-refractivity contribution in [2.75, 3.05) is 13.1 Å². The largest absolute Gasteiger partial charge is 0.416 e. The molecule has 2 rings (SSSR count). The Labute approximate surface area is 112 Å². The first-order chi connectivity index (χ1) is 8.99. The van der Waals surface area contributed by atoms with E-state index in [4.69, 9.17) is 0 Å². The lowest BCUT2D eigenvalue weighted by Crippen LogP contribution is -2.26. The highest BCUT2D eigenvalue weighted by Gasteiger charge is 2.30. The van der Waals surface area contributed by atoms with E-state index in [0.717, 1.165) is 37.5 Å². The highest BCUT2D eigenvalue weighted by molar-refractivity contribution is 5.24. The van der Waals surface area contributed by atoms with Crippen LogP contribution in [0.2, 0.25) is 0 Å². The van der Waals surface area contributed by atoms with E-state index in [1.807, 2.05) is 0 Å². The van der Waals surface area contributed by atoms with Crippen LogP contribution in [0, 0.1) is 5.92 Å². The number of hydrogen-bond donors (Lipinski definition) is 0. The van der Waals surface area contributed by atoms with Crippen molar-refractivity contribution in [2.45, 2.75) is 38.9 Å². The van der Waals surface area contributed by atoms with E-state index in [-0.39, 0.29) is 0 Å². The van der Waals surface area contributed by atoms with Crippen molar-refractivity contribution in [1.82, 2.24) is 4.90 Å². The summed E-state index contributed by atoms with van der Waals surface area (Å²) in [4.78, 5) is 2.35. The second kappa shape index (κ2) is 5.95. The van der Waals surface area contributed by atoms with Gasteiger partial charge < -0.3 is 0 Å². The Kier molecular flexibility index (Phi) is 4.50. The summed E-state index contributed by atoms with van der Waals surface area (Å²) in [5, 5.41) is 0. The smallest absolute Gasteiger partial charge is 0.299 e. The van der Waals surface area contributed by atoms with Crippen LogP contribution in [-0.4, -0.2) is 18.0 Å². The number of nitrogens with zero attached hydrogens (tertiary/aromatic N) is 1. The van der Waals surface area contributed by atoms with Gasteiger partial charge in [-0.1, -0.05) is 19.1 Å². The molecule has 0 atom stereocenters. The molecule has 106 valence electrons. The summed E-state index contributed by atoms with van der Waals surface area (Å²) >= 11 is 0. The van der Waals surface area contributed by atoms with Crippen LogP contribution in [-0.2, 0) is 12.7 Å². The Morgan fingerprint density at radius 1 is 1.16 bits per heavy atom. The normalized spacial score (nSPS) is 16.1. The van der Waals surface area contributed by atoms with Crippen molar-refractivity contribution < 1.29 is 13.2 Å². The third-order valence-electron chi connectivity index (χ3n) is 3.44. The molecular weight excluding hydrogens is 251 g/mol. The van der Waals surface area contributed by atoms with Gasteiger partial charge in [-0.2, -0.15) is 13.2 Å². The molecule has 0 radical (unpaired) electrons. The molecule has 0 N–H and O–H groups in total. The molecule has 0 heterocycles. The molecule has 4 heteroatoms. The van der Waals surface area contributed by atoms with Gasteiger partial charge in [0.1, 0.15) is 0 Å². The number of benzene rings is 1. The lowest BCUT2D eigenvalue weighted by molar-refractivity contribution is -0.137. The van der Waals surface area contributed by atoms with Gasteiger partial charge in [-0.05, 0) is 49.4 Å². The summed E-state index contributed by atoms with van der Waals surface area (Å²) in [6.45, 7) is 4.97. The summed E-state index contributed by atoms with van der Waals surface area (Å²) in [5.74, 6) is 0.806. The first-order valence-electron chi connectivity index (χ1n) is 6.87. The summed E-state index contributed by atoms with van der Waals surface area (Å²) < 4.78 is 37.4. The standard InChI is InChI=1S/C15H20F3N/c1-2-9-19(10-12-3-4-12)11-13-5-7-14(8-6-13)15(16,17)18/h5-8,12H,2-4,9-11H2,1H3. The fraction of sp³-hybridized carbons (Fsp3) is 0.600. The average molecular weight is 271 g/mol. The molecular formula is C15H20F3N. The van der Waals surface area contributed by atoms with E-state index < -0.39 is 11.7 Å². The zero-order chi connectivity index (χ0) is 13.9. The third-order valence-corrected chi connectivity index (χ3v) is 3.44. The van der Waals surface area contributed by atoms with Crippen molar-refractivity contribution in [2.24, 2.45) is 5.92 Å². The second-order valence-electron chi connectivity index (χ2n) is 5.37. The van der Waals surface area contributed by atoms with Crippen LogP contribution in [0.4, 0.5) is 13.2 Å². The Balaban J connectivity index is 1.96. The van der Waals surface area contributed by atoms with Crippen LogP contribution in [0.1, 0.15) is 37.3 Å². The van der Waals surface area contributed by atoms with Crippen molar-refractivity contribution in [3.8, 4) is 0 Å². The molecule has 0 bridgehead atoms. The van der Waals surface area contributed by atoms with Gasteiger partial charge in [0.2, 0.25) is 0 Å². The molecule has 1 nitrogen and oxygen atoms in total. The number of alkyl halides is 3. The molecule has 0 spiro atoms. The Hall–Kier alpha value is -1.03. The molecule has 19 heavy (non-hydrogen) atoms. The topological polar surface area (TPSA) is 3.24 Å². The quantitative estimate of drug-likeness (QED) is 0.744. The first kappa shape index (κ1) is 14.4. The minimum absolute atomic E-state index is 0.569. The lowest BCUT2D eigenvalue weighted by Gasteiger charge is -2.21. The zero-order valence-corrected chi connectivity index (χ0v) is 11.2. The summed E-state index contributed by atoms with van der Waals surface area (Å²) in [6.07, 6.45) is -0.566. The van der Waals surface area contributed by atoms with E-state index in [1.165, 1.54) is 25.0 Å². The van der Waals surface area contributed by atoms with Crippen LogP contribution in [0.5, 0.6) is 0 Å². The van der Waals surface area contributed by atoms with Crippen LogP contribution in [0.3, 0.4) is 0 Å². The van der Waals surface area contributed by atoms with Gasteiger partial charge in [-0.15, -0.1) is 0 Å². The van der Waals surface area contributed by atoms with Gasteiger partial charge in [0.25, 0.3) is 0 Å². The van der Waals surface area contributed by atoms with Crippen LogP contribution in [0.25, 0.3) is 0 Å². The zero-order valence-electron chi connectivity index (χ0n) is 11.2. The third kappa shape index (κ3) is 4.53. The minimum atomic E-state index is -4.24. The molecule has 0 saturated heterocycles. The molecule has 1 saturated carbocycles. The maximum atomic E-state index is 12.5. The molecule has 1 aliphatic carbocycles. The van der Waals surface area contributed by atoms with Crippen LogP contribution < -0.4 is 0 Å². The van der Waals surface area contributed by atoms with Gasteiger partial charge in [-0.3, -0.25) is 4.90 Å². The van der Waals surface area contributed by atoms with Gasteiger partial charge >= 0.3 is 6.18 Å². The predicted octanol–water partition coefficient (Wildman–Crippen LogP) is 4.33. The second-order valence-corrected chi connectivity index (χ2v) is 5.37. The molecule has 1 fully saturated rings. The van der Waals surface area contributed by atoms with Crippen LogP contribution >= 0.6 is 0 Å². The van der Waals surface area contributed by atoms with E-state index in [1.54, 1.807) is 12.1 Å². The van der Waals surface area contributed by atoms with E-state index in [2.05, 4.69) is 11.8 Å². The number of hydrogen-bond acceptors (Lipinski definition) is 1. The number of halogens is 3. The van der Waals surface area contributed by atoms with Crippen molar-refractivity contribution >= 4 is 0 Å². The van der Waals surface area contributed by atoms with E-state index in [9.17, 15) is 13.2 Å². The highest BCUT2D eigenvalue weighted by atomic mass is 19.4. The van der Waals surface area contributed by atoms with Gasteiger partial charge in [-0.25, -0.2) is 0 Å². The molecule has 0 aromatic heterocycles. The summed E-state index contributed by atoms with van der Waals surface area (Å²) in [5.41, 5.74) is 0.391. The van der Waals surface area contributed by atoms with Gasteiger partial charge in [0.05, 0.1) is 5.56 Å². The fourth-order valence-corrected chi connectivity index (χ4v) is 2.27. The predicted molar refractivity (Wildman–Crippen MR) is 69.7 cm³/mol. The average Bonchev–Trinajstić information content (AvgIpc) is 3.13. The fourth-order valence-electron chi connectivity index (χ4n) is 2.27. The molecule has 1 aromatic carbocycles. The maximum Gasteiger partial charge on any atom is 0.416 e. The molecule has 0 aliphatic heterocycles. The van der Waals surface area contributed by atoms with Gasteiger partial charge in [0.15, 0.2) is 0 Å². The van der Waals surface area contributed by atoms with Crippen molar-refractivity contribution in [3.05, 3.63) is 35.4 Å². The first-order valence-corrected chi connectivity index (χ1v) is 6.87. The monoisotopic (exact) mass is 271 g/mol. The SMILES string of the molecule is CCCN(Cc1ccc(C(F)(F)F)cc1)CC1CC1. The minimum Gasteiger partial charge on any atom is -0.299 e. The van der Waals surface area contributed by atoms with Crippen molar-refractivity contribution in [1.29, 1.82) is 0 Å². The summed E-state index contributed by atoms with van der Waals surface area (Å²) in [6, 6.07) is 5.55. The lowest BCUT2D eigenvalue weighted by atomic mass is 10.1. The van der Waals surface area contributed by atoms with E-state index >= 15 is 0 Å². The number of rotatable bonds is 6. The molecule has 0 amide bonds. The Morgan fingerprint density at radius 2 is 1.79 bits per heavy atom. The van der Waals surface area contributed by atoms with Crippen LogP contribution in [0.15, 0.2) is 24.3 Å². The highest BCUT2D eigenvalue weighted by Crippen LogP contribution is 2.31. The maximum absolute atomic E-state index is 12.5. The van der Waals surface area contributed by atoms with Crippen molar-refractivity contribution in [3.63, 3.8) is 0 Å².